The number of carboxylic acids is 1. The molecule has 0 spiro atoms. The lowest BCUT2D eigenvalue weighted by Crippen LogP contribution is -2.36. The maximum Gasteiger partial charge on any atom is 0.306 e. The molecule has 0 aliphatic heterocycles. The van der Waals surface area contributed by atoms with Crippen molar-refractivity contribution in [1.29, 1.82) is 0 Å². The second-order valence-corrected chi connectivity index (χ2v) is 4.91. The topological polar surface area (TPSA) is 83.5 Å². The molecule has 0 heterocycles. The molecule has 1 rings (SSSR count). The number of aliphatic hydroxyl groups excluding tert-OH is 1. The van der Waals surface area contributed by atoms with E-state index in [0.29, 0.717) is 0 Å². The number of hydrogen-bond donors (Lipinski definition) is 3. The van der Waals surface area contributed by atoms with Gasteiger partial charge in [0.05, 0.1) is 12.5 Å². The van der Waals surface area contributed by atoms with Gasteiger partial charge < -0.3 is 15.9 Å². The van der Waals surface area contributed by atoms with E-state index in [1.807, 2.05) is 0 Å². The molecule has 4 nitrogen and oxygen atoms in total. The van der Waals surface area contributed by atoms with Crippen LogP contribution in [0.15, 0.2) is 0 Å². The Morgan fingerprint density at radius 1 is 1.31 bits per heavy atom. The Kier molecular flexibility index (Phi) is 5.77. The van der Waals surface area contributed by atoms with Crippen LogP contribution in [-0.2, 0) is 4.79 Å². The number of rotatable bonds is 6. The predicted octanol–water partition coefficient (Wildman–Crippen LogP) is 1.51. The maximum atomic E-state index is 10.4. The molecule has 4 N–H and O–H groups in total. The number of hydrogen-bond acceptors (Lipinski definition) is 3. The van der Waals surface area contributed by atoms with Crippen molar-refractivity contribution in [3.8, 4) is 0 Å². The van der Waals surface area contributed by atoms with E-state index in [4.69, 9.17) is 10.8 Å². The van der Waals surface area contributed by atoms with Crippen molar-refractivity contribution in [2.24, 2.45) is 11.7 Å². The Morgan fingerprint density at radius 2 is 1.94 bits per heavy atom. The Bertz CT molecular complexity index is 214. The van der Waals surface area contributed by atoms with Gasteiger partial charge >= 0.3 is 5.97 Å². The van der Waals surface area contributed by atoms with E-state index in [1.165, 1.54) is 32.1 Å². The molecule has 1 aliphatic rings. The summed E-state index contributed by atoms with van der Waals surface area (Å²) in [5.74, 6) is -0.252. The highest BCUT2D eigenvalue weighted by Gasteiger charge is 2.20. The number of carbonyl (C=O) groups is 1. The van der Waals surface area contributed by atoms with Crippen molar-refractivity contribution in [3.63, 3.8) is 0 Å². The van der Waals surface area contributed by atoms with Crippen LogP contribution in [-0.4, -0.2) is 28.3 Å². The van der Waals surface area contributed by atoms with Crippen LogP contribution in [0.2, 0.25) is 0 Å². The lowest BCUT2D eigenvalue weighted by molar-refractivity contribution is -0.139. The Morgan fingerprint density at radius 3 is 2.50 bits per heavy atom. The van der Waals surface area contributed by atoms with E-state index < -0.39 is 18.1 Å². The lowest BCUT2D eigenvalue weighted by atomic mass is 9.84. The summed E-state index contributed by atoms with van der Waals surface area (Å²) in [5.41, 5.74) is 5.77. The minimum atomic E-state index is -0.986. The molecule has 16 heavy (non-hydrogen) atoms. The normalized spacial score (nSPS) is 21.6. The lowest BCUT2D eigenvalue weighted by Gasteiger charge is -2.24. The highest BCUT2D eigenvalue weighted by Crippen LogP contribution is 2.27. The average Bonchev–Trinajstić information content (AvgIpc) is 2.26. The highest BCUT2D eigenvalue weighted by atomic mass is 16.4. The standard InChI is InChI=1S/C12H23NO3/c13-10(11(14)8-12(15)16)7-6-9-4-2-1-3-5-9/h9-11,14H,1-8,13H2,(H,15,16)/t10-,11-/m0/s1. The summed E-state index contributed by atoms with van der Waals surface area (Å²) in [4.78, 5) is 10.4. The summed E-state index contributed by atoms with van der Waals surface area (Å²) in [6.45, 7) is 0. The van der Waals surface area contributed by atoms with Gasteiger partial charge in [-0.25, -0.2) is 0 Å². The van der Waals surface area contributed by atoms with Gasteiger partial charge in [0.15, 0.2) is 0 Å². The van der Waals surface area contributed by atoms with Gasteiger partial charge in [0.25, 0.3) is 0 Å². The van der Waals surface area contributed by atoms with Crippen LogP contribution in [0.25, 0.3) is 0 Å². The van der Waals surface area contributed by atoms with Gasteiger partial charge in [-0.1, -0.05) is 32.1 Å². The third kappa shape index (κ3) is 4.94. The summed E-state index contributed by atoms with van der Waals surface area (Å²) in [5, 5.41) is 18.0. The van der Waals surface area contributed by atoms with Crippen LogP contribution in [0, 0.1) is 5.92 Å². The van der Waals surface area contributed by atoms with Gasteiger partial charge in [-0.2, -0.15) is 0 Å². The monoisotopic (exact) mass is 229 g/mol. The van der Waals surface area contributed by atoms with E-state index >= 15 is 0 Å². The number of nitrogens with two attached hydrogens (primary N) is 1. The molecule has 1 aliphatic carbocycles. The molecule has 0 aromatic rings. The molecule has 0 bridgehead atoms. The van der Waals surface area contributed by atoms with Crippen molar-refractivity contribution < 1.29 is 15.0 Å². The zero-order chi connectivity index (χ0) is 12.0. The molecule has 0 amide bonds. The fourth-order valence-electron chi connectivity index (χ4n) is 2.43. The minimum absolute atomic E-state index is 0.244. The smallest absolute Gasteiger partial charge is 0.306 e. The molecule has 0 radical (unpaired) electrons. The van der Waals surface area contributed by atoms with Gasteiger partial charge in [0.2, 0.25) is 0 Å². The summed E-state index contributed by atoms with van der Waals surface area (Å²) in [6, 6.07) is -0.391. The van der Waals surface area contributed by atoms with Crippen LogP contribution in [0.5, 0.6) is 0 Å². The van der Waals surface area contributed by atoms with Crippen LogP contribution in [0.3, 0.4) is 0 Å². The molecular weight excluding hydrogens is 206 g/mol. The van der Waals surface area contributed by atoms with E-state index in [-0.39, 0.29) is 6.42 Å². The second kappa shape index (κ2) is 6.86. The number of aliphatic carboxylic acids is 1. The summed E-state index contributed by atoms with van der Waals surface area (Å²) >= 11 is 0. The highest BCUT2D eigenvalue weighted by molar-refractivity contribution is 5.67. The zero-order valence-electron chi connectivity index (χ0n) is 9.77. The van der Waals surface area contributed by atoms with E-state index in [2.05, 4.69) is 0 Å². The molecule has 94 valence electrons. The minimum Gasteiger partial charge on any atom is -0.481 e. The fraction of sp³-hybridized carbons (Fsp3) is 0.917. The van der Waals surface area contributed by atoms with E-state index in [0.717, 1.165) is 18.8 Å². The van der Waals surface area contributed by atoms with Crippen LogP contribution in [0.4, 0.5) is 0 Å². The van der Waals surface area contributed by atoms with Crippen molar-refractivity contribution >= 4 is 5.97 Å². The van der Waals surface area contributed by atoms with Crippen LogP contribution < -0.4 is 5.73 Å². The molecular formula is C12H23NO3. The second-order valence-electron chi connectivity index (χ2n) is 4.91. The maximum absolute atomic E-state index is 10.4. The first-order valence-electron chi connectivity index (χ1n) is 6.25. The van der Waals surface area contributed by atoms with E-state index in [1.54, 1.807) is 0 Å². The molecule has 1 saturated carbocycles. The summed E-state index contributed by atoms with van der Waals surface area (Å²) < 4.78 is 0. The number of carboxylic acid groups (broad SMARTS) is 1. The third-order valence-electron chi connectivity index (χ3n) is 3.51. The SMILES string of the molecule is N[C@@H](CCC1CCCCC1)[C@@H](O)CC(=O)O. The van der Waals surface area contributed by atoms with Gasteiger partial charge in [0.1, 0.15) is 0 Å². The first-order chi connectivity index (χ1) is 7.59. The average molecular weight is 229 g/mol. The van der Waals surface area contributed by atoms with Crippen molar-refractivity contribution in [2.45, 2.75) is 63.5 Å². The van der Waals surface area contributed by atoms with Gasteiger partial charge in [-0.3, -0.25) is 4.79 Å². The quantitative estimate of drug-likeness (QED) is 0.644. The summed E-state index contributed by atoms with van der Waals surface area (Å²) in [6.07, 6.45) is 7.09. The molecule has 0 unspecified atom stereocenters. The van der Waals surface area contributed by atoms with Gasteiger partial charge in [-0.15, -0.1) is 0 Å². The zero-order valence-corrected chi connectivity index (χ0v) is 9.77. The predicted molar refractivity (Wildman–Crippen MR) is 62.0 cm³/mol. The van der Waals surface area contributed by atoms with Crippen LogP contribution in [0.1, 0.15) is 51.4 Å². The summed E-state index contributed by atoms with van der Waals surface area (Å²) in [7, 11) is 0. The molecule has 0 aromatic carbocycles. The first kappa shape index (κ1) is 13.5. The van der Waals surface area contributed by atoms with Crippen molar-refractivity contribution in [2.75, 3.05) is 0 Å². The third-order valence-corrected chi connectivity index (χ3v) is 3.51. The fourth-order valence-corrected chi connectivity index (χ4v) is 2.43. The number of aliphatic hydroxyl groups is 1. The molecule has 2 atom stereocenters. The Labute approximate surface area is 96.8 Å². The largest absolute Gasteiger partial charge is 0.481 e. The first-order valence-corrected chi connectivity index (χ1v) is 6.25. The molecule has 0 aromatic heterocycles. The van der Waals surface area contributed by atoms with Crippen molar-refractivity contribution in [1.82, 2.24) is 0 Å². The molecule has 1 fully saturated rings. The van der Waals surface area contributed by atoms with Gasteiger partial charge in [0, 0.05) is 6.04 Å². The molecule has 4 heteroatoms. The van der Waals surface area contributed by atoms with Crippen molar-refractivity contribution in [3.05, 3.63) is 0 Å². The van der Waals surface area contributed by atoms with Gasteiger partial charge in [-0.05, 0) is 18.8 Å². The Hall–Kier alpha value is -0.610. The van der Waals surface area contributed by atoms with E-state index in [9.17, 15) is 9.90 Å². The van der Waals surface area contributed by atoms with Crippen LogP contribution >= 0.6 is 0 Å². The Balaban J connectivity index is 2.17. The molecule has 0 saturated heterocycles.